The quantitative estimate of drug-likeness (QED) is 0.871. The van der Waals surface area contributed by atoms with Gasteiger partial charge in [0.1, 0.15) is 0 Å². The largest absolute Gasteiger partial charge is 0.373 e. The van der Waals surface area contributed by atoms with Gasteiger partial charge in [-0.15, -0.1) is 0 Å². The molecule has 1 aromatic rings. The van der Waals surface area contributed by atoms with E-state index >= 15 is 0 Å². The highest BCUT2D eigenvalue weighted by Crippen LogP contribution is 2.34. The summed E-state index contributed by atoms with van der Waals surface area (Å²) in [4.78, 5) is 4.31. The van der Waals surface area contributed by atoms with Crippen LogP contribution >= 0.6 is 0 Å². The molecule has 0 aromatic carbocycles. The van der Waals surface area contributed by atoms with Crippen LogP contribution in [0.25, 0.3) is 0 Å². The number of hydrogen-bond donors (Lipinski definition) is 1. The zero-order valence-corrected chi connectivity index (χ0v) is 11.3. The maximum absolute atomic E-state index is 6.13. The fourth-order valence-corrected chi connectivity index (χ4v) is 2.91. The van der Waals surface area contributed by atoms with Gasteiger partial charge in [-0.05, 0) is 30.9 Å². The highest BCUT2D eigenvalue weighted by Gasteiger charge is 2.34. The summed E-state index contributed by atoms with van der Waals surface area (Å²) in [5.74, 6) is 0.733. The Hall–Kier alpha value is -0.930. The van der Waals surface area contributed by atoms with Crippen LogP contribution in [0.2, 0.25) is 0 Å². The molecule has 0 bridgehead atoms. The van der Waals surface area contributed by atoms with Crippen molar-refractivity contribution in [1.29, 1.82) is 0 Å². The Morgan fingerprint density at radius 2 is 2.39 bits per heavy atom. The highest BCUT2D eigenvalue weighted by atomic mass is 16.5. The van der Waals surface area contributed by atoms with Crippen molar-refractivity contribution in [3.63, 3.8) is 0 Å². The van der Waals surface area contributed by atoms with E-state index in [9.17, 15) is 0 Å². The molecule has 1 aliphatic carbocycles. The molecular formula is C15H24N2O. The minimum Gasteiger partial charge on any atom is -0.373 e. The van der Waals surface area contributed by atoms with Crippen LogP contribution in [-0.4, -0.2) is 23.7 Å². The first-order valence-corrected chi connectivity index (χ1v) is 6.98. The molecule has 0 aliphatic heterocycles. The van der Waals surface area contributed by atoms with Crippen LogP contribution in [0.15, 0.2) is 24.4 Å². The Morgan fingerprint density at radius 3 is 3.06 bits per heavy atom. The summed E-state index contributed by atoms with van der Waals surface area (Å²) in [6, 6.07) is 6.00. The number of pyridine rings is 1. The topological polar surface area (TPSA) is 48.1 Å². The van der Waals surface area contributed by atoms with E-state index in [1.807, 2.05) is 24.4 Å². The van der Waals surface area contributed by atoms with Crippen molar-refractivity contribution in [3.8, 4) is 0 Å². The lowest BCUT2D eigenvalue weighted by atomic mass is 9.79. The lowest BCUT2D eigenvalue weighted by Gasteiger charge is -2.39. The van der Waals surface area contributed by atoms with E-state index in [1.54, 1.807) is 0 Å². The van der Waals surface area contributed by atoms with Gasteiger partial charge in [-0.2, -0.15) is 0 Å². The average molecular weight is 248 g/mol. The summed E-state index contributed by atoms with van der Waals surface area (Å²) in [5, 5.41) is 0. The maximum Gasteiger partial charge on any atom is 0.0806 e. The van der Waals surface area contributed by atoms with Crippen LogP contribution in [0.5, 0.6) is 0 Å². The predicted octanol–water partition coefficient (Wildman–Crippen LogP) is 2.55. The van der Waals surface area contributed by atoms with E-state index in [4.69, 9.17) is 10.5 Å². The number of rotatable bonds is 5. The number of ether oxygens (including phenoxy) is 1. The summed E-state index contributed by atoms with van der Waals surface area (Å²) in [6.07, 6.45) is 7.46. The van der Waals surface area contributed by atoms with Crippen molar-refractivity contribution >= 4 is 0 Å². The lowest BCUT2D eigenvalue weighted by Crippen LogP contribution is -2.45. The first-order valence-electron chi connectivity index (χ1n) is 6.98. The summed E-state index contributed by atoms with van der Waals surface area (Å²) >= 11 is 0. The van der Waals surface area contributed by atoms with E-state index in [-0.39, 0.29) is 5.60 Å². The summed E-state index contributed by atoms with van der Waals surface area (Å²) in [5.41, 5.74) is 6.95. The fourth-order valence-electron chi connectivity index (χ4n) is 2.91. The number of nitrogens with zero attached hydrogens (tertiary/aromatic N) is 1. The van der Waals surface area contributed by atoms with Gasteiger partial charge in [0.2, 0.25) is 0 Å². The van der Waals surface area contributed by atoms with Crippen molar-refractivity contribution in [2.45, 2.75) is 44.6 Å². The maximum atomic E-state index is 6.13. The van der Waals surface area contributed by atoms with Crippen LogP contribution in [0, 0.1) is 5.92 Å². The summed E-state index contributed by atoms with van der Waals surface area (Å²) in [6.45, 7) is 3.66. The Labute approximate surface area is 110 Å². The average Bonchev–Trinajstić information content (AvgIpc) is 2.40. The number of nitrogens with two attached hydrogens (primary N) is 1. The standard InChI is InChI=1S/C15H24N2O/c1-13-5-4-8-15(11-13,12-16)18-10-7-14-6-2-3-9-17-14/h2-3,6,9,13H,4-5,7-8,10-12,16H2,1H3. The molecule has 2 atom stereocenters. The zero-order chi connectivity index (χ0) is 12.8. The van der Waals surface area contributed by atoms with Crippen LogP contribution in [0.4, 0.5) is 0 Å². The minimum absolute atomic E-state index is 0.0769. The molecule has 3 heteroatoms. The van der Waals surface area contributed by atoms with Gasteiger partial charge >= 0.3 is 0 Å². The van der Waals surface area contributed by atoms with Crippen molar-refractivity contribution < 1.29 is 4.74 Å². The summed E-state index contributed by atoms with van der Waals surface area (Å²) in [7, 11) is 0. The first-order chi connectivity index (χ1) is 8.74. The molecule has 3 nitrogen and oxygen atoms in total. The Kier molecular flexibility index (Phi) is 4.72. The zero-order valence-electron chi connectivity index (χ0n) is 11.3. The van der Waals surface area contributed by atoms with Gasteiger partial charge in [0.05, 0.1) is 12.2 Å². The van der Waals surface area contributed by atoms with Gasteiger partial charge < -0.3 is 10.5 Å². The number of aromatic nitrogens is 1. The third-order valence-corrected chi connectivity index (χ3v) is 3.91. The molecule has 0 amide bonds. The van der Waals surface area contributed by atoms with Crippen LogP contribution in [0.3, 0.4) is 0 Å². The number of hydrogen-bond acceptors (Lipinski definition) is 3. The van der Waals surface area contributed by atoms with Gasteiger partial charge in [-0.3, -0.25) is 4.98 Å². The smallest absolute Gasteiger partial charge is 0.0806 e. The van der Waals surface area contributed by atoms with Crippen molar-refractivity contribution in [2.75, 3.05) is 13.2 Å². The molecule has 1 fully saturated rings. The molecule has 1 aliphatic rings. The van der Waals surface area contributed by atoms with Crippen molar-refractivity contribution in [2.24, 2.45) is 11.7 Å². The van der Waals surface area contributed by atoms with Gasteiger partial charge in [0, 0.05) is 24.9 Å². The molecule has 2 rings (SSSR count). The fraction of sp³-hybridized carbons (Fsp3) is 0.667. The normalized spacial score (nSPS) is 28.2. The van der Waals surface area contributed by atoms with Crippen LogP contribution < -0.4 is 5.73 Å². The third kappa shape index (κ3) is 3.53. The molecule has 0 saturated heterocycles. The monoisotopic (exact) mass is 248 g/mol. The molecule has 0 radical (unpaired) electrons. The molecule has 100 valence electrons. The Balaban J connectivity index is 1.83. The second-order valence-corrected chi connectivity index (χ2v) is 5.51. The minimum atomic E-state index is -0.0769. The molecular weight excluding hydrogens is 224 g/mol. The van der Waals surface area contributed by atoms with Gasteiger partial charge in [-0.25, -0.2) is 0 Å². The molecule has 2 unspecified atom stereocenters. The van der Waals surface area contributed by atoms with Crippen LogP contribution in [0.1, 0.15) is 38.3 Å². The lowest BCUT2D eigenvalue weighted by molar-refractivity contribution is -0.0732. The first kappa shape index (κ1) is 13.5. The molecule has 1 aromatic heterocycles. The Morgan fingerprint density at radius 1 is 1.50 bits per heavy atom. The van der Waals surface area contributed by atoms with Crippen LogP contribution in [-0.2, 0) is 11.2 Å². The molecule has 2 N–H and O–H groups in total. The van der Waals surface area contributed by atoms with Crippen molar-refractivity contribution in [3.05, 3.63) is 30.1 Å². The van der Waals surface area contributed by atoms with Gasteiger partial charge in [0.15, 0.2) is 0 Å². The molecule has 0 spiro atoms. The van der Waals surface area contributed by atoms with E-state index in [2.05, 4.69) is 11.9 Å². The second-order valence-electron chi connectivity index (χ2n) is 5.51. The second kappa shape index (κ2) is 6.30. The van der Waals surface area contributed by atoms with Crippen molar-refractivity contribution in [1.82, 2.24) is 4.98 Å². The molecule has 1 saturated carbocycles. The summed E-state index contributed by atoms with van der Waals surface area (Å²) < 4.78 is 6.13. The SMILES string of the molecule is CC1CCCC(CN)(OCCc2ccccn2)C1. The highest BCUT2D eigenvalue weighted by molar-refractivity contribution is 5.03. The predicted molar refractivity (Wildman–Crippen MR) is 73.3 cm³/mol. The van der Waals surface area contributed by atoms with E-state index < -0.39 is 0 Å². The molecule has 1 heterocycles. The van der Waals surface area contributed by atoms with Gasteiger partial charge in [0.25, 0.3) is 0 Å². The Bertz CT molecular complexity index is 355. The van der Waals surface area contributed by atoms with E-state index in [0.717, 1.165) is 37.5 Å². The van der Waals surface area contributed by atoms with Gasteiger partial charge in [-0.1, -0.05) is 25.8 Å². The van der Waals surface area contributed by atoms with E-state index in [0.29, 0.717) is 6.54 Å². The van der Waals surface area contributed by atoms with E-state index in [1.165, 1.54) is 12.8 Å². The molecule has 18 heavy (non-hydrogen) atoms. The third-order valence-electron chi connectivity index (χ3n) is 3.91.